The van der Waals surface area contributed by atoms with E-state index in [2.05, 4.69) is 20.6 Å². The smallest absolute Gasteiger partial charge is 0.274 e. The van der Waals surface area contributed by atoms with Gasteiger partial charge < -0.3 is 16.0 Å². The molecule has 0 fully saturated rings. The molecule has 26 heavy (non-hydrogen) atoms. The number of amides is 2. The van der Waals surface area contributed by atoms with Crippen molar-refractivity contribution in [2.24, 2.45) is 10.7 Å². The zero-order valence-electron chi connectivity index (χ0n) is 13.9. The van der Waals surface area contributed by atoms with E-state index in [-0.39, 0.29) is 24.3 Å². The minimum Gasteiger partial charge on any atom is -0.370 e. The zero-order chi connectivity index (χ0) is 17.8. The molecule has 0 aliphatic heterocycles. The van der Waals surface area contributed by atoms with Gasteiger partial charge in [-0.2, -0.15) is 0 Å². The van der Waals surface area contributed by atoms with Gasteiger partial charge in [0.1, 0.15) is 5.69 Å². The molecule has 2 aromatic carbocycles. The molecule has 0 aliphatic rings. The summed E-state index contributed by atoms with van der Waals surface area (Å²) in [5.41, 5.74) is 7.63. The third-order valence-electron chi connectivity index (χ3n) is 3.67. The van der Waals surface area contributed by atoms with Crippen molar-refractivity contribution in [1.82, 2.24) is 10.3 Å². The van der Waals surface area contributed by atoms with Gasteiger partial charge in [0, 0.05) is 18.0 Å². The Bertz CT molecular complexity index is 966. The molecule has 0 saturated heterocycles. The molecule has 3 rings (SSSR count). The van der Waals surface area contributed by atoms with Gasteiger partial charge in [-0.15, -0.1) is 12.4 Å². The minimum atomic E-state index is -0.403. The second kappa shape index (κ2) is 8.17. The standard InChI is InChI=1S/C18H17N5O2.ClH/c1-20-18(19)23-17(25)14-10-12-8-5-9-13(15(12)21-14)22-16(24)11-6-3-2-4-7-11;/h2-10,21H,1H3,(H,22,24)(H3,19,20,23,25);1H. The van der Waals surface area contributed by atoms with Crippen molar-refractivity contribution in [3.63, 3.8) is 0 Å². The van der Waals surface area contributed by atoms with Crippen molar-refractivity contribution in [2.45, 2.75) is 0 Å². The quantitative estimate of drug-likeness (QED) is 0.419. The number of halogens is 1. The Kier molecular flexibility index (Phi) is 5.98. The van der Waals surface area contributed by atoms with Crippen LogP contribution in [-0.4, -0.2) is 29.8 Å². The Morgan fingerprint density at radius 1 is 1.04 bits per heavy atom. The number of benzene rings is 2. The number of H-pyrrole nitrogens is 1. The summed E-state index contributed by atoms with van der Waals surface area (Å²) in [5, 5.41) is 6.11. The molecule has 5 N–H and O–H groups in total. The molecule has 0 aliphatic carbocycles. The molecule has 0 saturated carbocycles. The van der Waals surface area contributed by atoms with E-state index in [1.165, 1.54) is 7.05 Å². The topological polar surface area (TPSA) is 112 Å². The number of para-hydroxylation sites is 1. The molecule has 0 radical (unpaired) electrons. The van der Waals surface area contributed by atoms with Crippen LogP contribution in [0.25, 0.3) is 10.9 Å². The minimum absolute atomic E-state index is 0. The van der Waals surface area contributed by atoms with Crippen LogP contribution >= 0.6 is 12.4 Å². The number of fused-ring (bicyclic) bond motifs is 1. The Balaban J connectivity index is 0.00000243. The van der Waals surface area contributed by atoms with Crippen molar-refractivity contribution < 1.29 is 9.59 Å². The van der Waals surface area contributed by atoms with Gasteiger partial charge in [-0.05, 0) is 24.3 Å². The van der Waals surface area contributed by atoms with Crippen LogP contribution in [0.3, 0.4) is 0 Å². The summed E-state index contributed by atoms with van der Waals surface area (Å²) in [6.45, 7) is 0. The van der Waals surface area contributed by atoms with Gasteiger partial charge >= 0.3 is 0 Å². The predicted molar refractivity (Wildman–Crippen MR) is 105 cm³/mol. The summed E-state index contributed by atoms with van der Waals surface area (Å²) in [6.07, 6.45) is 0. The van der Waals surface area contributed by atoms with Crippen LogP contribution in [0.5, 0.6) is 0 Å². The lowest BCUT2D eigenvalue weighted by Crippen LogP contribution is -2.36. The lowest BCUT2D eigenvalue weighted by molar-refractivity contribution is 0.0971. The van der Waals surface area contributed by atoms with E-state index in [0.29, 0.717) is 22.5 Å². The molecular formula is C18H18ClN5O2. The average molecular weight is 372 g/mol. The highest BCUT2D eigenvalue weighted by atomic mass is 35.5. The van der Waals surface area contributed by atoms with Crippen molar-refractivity contribution in [3.8, 4) is 0 Å². The number of hydrogen-bond donors (Lipinski definition) is 4. The molecule has 0 unspecified atom stereocenters. The first-order valence-electron chi connectivity index (χ1n) is 7.60. The van der Waals surface area contributed by atoms with Crippen molar-refractivity contribution >= 4 is 46.8 Å². The molecule has 8 heteroatoms. The van der Waals surface area contributed by atoms with Crippen LogP contribution in [-0.2, 0) is 0 Å². The number of rotatable bonds is 3. The highest BCUT2D eigenvalue weighted by Crippen LogP contribution is 2.24. The van der Waals surface area contributed by atoms with Crippen LogP contribution in [0, 0.1) is 0 Å². The second-order valence-electron chi connectivity index (χ2n) is 5.34. The van der Waals surface area contributed by atoms with E-state index in [1.54, 1.807) is 42.5 Å². The number of carbonyl (C=O) groups excluding carboxylic acids is 2. The number of anilines is 1. The maximum atomic E-state index is 12.3. The van der Waals surface area contributed by atoms with Gasteiger partial charge in [-0.1, -0.05) is 30.3 Å². The van der Waals surface area contributed by atoms with Gasteiger partial charge in [-0.3, -0.25) is 19.9 Å². The summed E-state index contributed by atoms with van der Waals surface area (Å²) in [5.74, 6) is -0.600. The van der Waals surface area contributed by atoms with Crippen molar-refractivity contribution in [3.05, 3.63) is 65.9 Å². The Morgan fingerprint density at radius 2 is 1.77 bits per heavy atom. The molecule has 0 bridgehead atoms. The predicted octanol–water partition coefficient (Wildman–Crippen LogP) is 2.52. The van der Waals surface area contributed by atoms with Crippen molar-refractivity contribution in [1.29, 1.82) is 0 Å². The number of nitrogens with zero attached hydrogens (tertiary/aromatic N) is 1. The average Bonchev–Trinajstić information content (AvgIpc) is 3.08. The maximum absolute atomic E-state index is 12.3. The highest BCUT2D eigenvalue weighted by Gasteiger charge is 2.14. The van der Waals surface area contributed by atoms with E-state index in [0.717, 1.165) is 5.39 Å². The molecule has 134 valence electrons. The monoisotopic (exact) mass is 371 g/mol. The summed E-state index contributed by atoms with van der Waals surface area (Å²) in [7, 11) is 1.48. The molecule has 1 aromatic heterocycles. The van der Waals surface area contributed by atoms with E-state index in [1.807, 2.05) is 12.1 Å². The first-order valence-corrected chi connectivity index (χ1v) is 7.60. The number of aromatic amines is 1. The first kappa shape index (κ1) is 19.0. The van der Waals surface area contributed by atoms with E-state index < -0.39 is 5.91 Å². The lowest BCUT2D eigenvalue weighted by Gasteiger charge is -2.06. The fraction of sp³-hybridized carbons (Fsp3) is 0.0556. The molecule has 0 spiro atoms. The van der Waals surface area contributed by atoms with Gasteiger partial charge in [0.05, 0.1) is 11.2 Å². The fourth-order valence-electron chi connectivity index (χ4n) is 2.41. The summed E-state index contributed by atoms with van der Waals surface area (Å²) in [4.78, 5) is 31.2. The van der Waals surface area contributed by atoms with Gasteiger partial charge in [0.15, 0.2) is 5.96 Å². The number of carbonyl (C=O) groups is 2. The second-order valence-corrected chi connectivity index (χ2v) is 5.34. The van der Waals surface area contributed by atoms with E-state index in [9.17, 15) is 9.59 Å². The molecule has 7 nitrogen and oxygen atoms in total. The number of guanidine groups is 1. The largest absolute Gasteiger partial charge is 0.370 e. The number of nitrogens with two attached hydrogens (primary N) is 1. The van der Waals surface area contributed by atoms with E-state index in [4.69, 9.17) is 5.73 Å². The Hall–Kier alpha value is -3.32. The van der Waals surface area contributed by atoms with Gasteiger partial charge in [0.2, 0.25) is 0 Å². The van der Waals surface area contributed by atoms with Crippen LogP contribution in [0.2, 0.25) is 0 Å². The number of aliphatic imine (C=N–C) groups is 1. The first-order chi connectivity index (χ1) is 12.1. The van der Waals surface area contributed by atoms with Gasteiger partial charge in [0.25, 0.3) is 11.8 Å². The normalized spacial score (nSPS) is 10.9. The number of nitrogens with one attached hydrogen (secondary N) is 3. The molecular weight excluding hydrogens is 354 g/mol. The third-order valence-corrected chi connectivity index (χ3v) is 3.67. The molecule has 2 amide bonds. The number of aromatic nitrogens is 1. The maximum Gasteiger partial charge on any atom is 0.274 e. The van der Waals surface area contributed by atoms with Crippen molar-refractivity contribution in [2.75, 3.05) is 12.4 Å². The zero-order valence-corrected chi connectivity index (χ0v) is 14.8. The van der Waals surface area contributed by atoms with E-state index >= 15 is 0 Å². The summed E-state index contributed by atoms with van der Waals surface area (Å²) in [6, 6.07) is 16.0. The molecule has 1 heterocycles. The van der Waals surface area contributed by atoms with Crippen LogP contribution < -0.4 is 16.4 Å². The number of hydrogen-bond acceptors (Lipinski definition) is 3. The Labute approximate surface area is 156 Å². The highest BCUT2D eigenvalue weighted by molar-refractivity contribution is 6.11. The summed E-state index contributed by atoms with van der Waals surface area (Å²) < 4.78 is 0. The van der Waals surface area contributed by atoms with Gasteiger partial charge in [-0.25, -0.2) is 0 Å². The SMILES string of the molecule is CN=C(N)NC(=O)c1cc2cccc(NC(=O)c3ccccc3)c2[nH]1.Cl. The fourth-order valence-corrected chi connectivity index (χ4v) is 2.41. The lowest BCUT2D eigenvalue weighted by atomic mass is 10.2. The van der Waals surface area contributed by atoms with Crippen LogP contribution in [0.4, 0.5) is 5.69 Å². The Morgan fingerprint density at radius 3 is 2.46 bits per heavy atom. The molecule has 3 aromatic rings. The summed E-state index contributed by atoms with van der Waals surface area (Å²) >= 11 is 0. The molecule has 0 atom stereocenters. The third kappa shape index (κ3) is 4.01. The van der Waals surface area contributed by atoms with Crippen LogP contribution in [0.1, 0.15) is 20.8 Å². The van der Waals surface area contributed by atoms with Crippen LogP contribution in [0.15, 0.2) is 59.6 Å².